The zero-order valence-corrected chi connectivity index (χ0v) is 17.5. The van der Waals surface area contributed by atoms with Crippen molar-refractivity contribution < 1.29 is 9.18 Å². The van der Waals surface area contributed by atoms with Crippen molar-refractivity contribution in [1.29, 1.82) is 0 Å². The highest BCUT2D eigenvalue weighted by molar-refractivity contribution is 5.99. The quantitative estimate of drug-likeness (QED) is 0.438. The van der Waals surface area contributed by atoms with Gasteiger partial charge in [0.1, 0.15) is 11.6 Å². The van der Waals surface area contributed by atoms with Gasteiger partial charge >= 0.3 is 6.03 Å². The first-order chi connectivity index (χ1) is 15.4. The average molecular weight is 432 g/mol. The highest BCUT2D eigenvalue weighted by Crippen LogP contribution is 2.24. The molecule has 0 aliphatic heterocycles. The molecule has 2 aromatic heterocycles. The minimum absolute atomic E-state index is 0.184. The van der Waals surface area contributed by atoms with E-state index >= 15 is 0 Å². The number of H-pyrrole nitrogens is 1. The van der Waals surface area contributed by atoms with Crippen LogP contribution in [0.5, 0.6) is 0 Å². The number of aryl methyl sites for hydroxylation is 1. The predicted octanol–water partition coefficient (Wildman–Crippen LogP) is 4.28. The van der Waals surface area contributed by atoms with Crippen LogP contribution in [0.1, 0.15) is 18.2 Å². The number of carbonyl (C=O) groups is 1. The van der Waals surface area contributed by atoms with Gasteiger partial charge in [0.25, 0.3) is 5.56 Å². The molecule has 0 saturated heterocycles. The Kier molecular flexibility index (Phi) is 5.80. The minimum Gasteiger partial charge on any atom is -0.308 e. The van der Waals surface area contributed by atoms with Gasteiger partial charge in [0.15, 0.2) is 0 Å². The number of hydrogen-bond acceptors (Lipinski definition) is 4. The van der Waals surface area contributed by atoms with Crippen LogP contribution >= 0.6 is 0 Å². The molecule has 8 nitrogen and oxygen atoms in total. The molecule has 162 valence electrons. The van der Waals surface area contributed by atoms with E-state index in [0.29, 0.717) is 34.9 Å². The number of carbonyl (C=O) groups excluding carboxylic acids is 1. The lowest BCUT2D eigenvalue weighted by atomic mass is 10.2. The Morgan fingerprint density at radius 1 is 1.09 bits per heavy atom. The van der Waals surface area contributed by atoms with E-state index in [9.17, 15) is 14.0 Å². The highest BCUT2D eigenvalue weighted by Gasteiger charge is 2.17. The van der Waals surface area contributed by atoms with Gasteiger partial charge in [0.05, 0.1) is 5.69 Å². The molecular weight excluding hydrogens is 411 g/mol. The van der Waals surface area contributed by atoms with Crippen LogP contribution in [0.15, 0.2) is 65.5 Å². The van der Waals surface area contributed by atoms with Gasteiger partial charge in [0.2, 0.25) is 5.95 Å². The number of aromatic nitrogens is 4. The number of hydrogen-bond donors (Lipinski definition) is 3. The maximum absolute atomic E-state index is 13.1. The fourth-order valence-electron chi connectivity index (χ4n) is 3.31. The summed E-state index contributed by atoms with van der Waals surface area (Å²) in [6.07, 6.45) is 0.550. The van der Waals surface area contributed by atoms with E-state index in [1.54, 1.807) is 13.0 Å². The fourth-order valence-corrected chi connectivity index (χ4v) is 3.31. The van der Waals surface area contributed by atoms with Crippen molar-refractivity contribution in [3.8, 4) is 17.2 Å². The lowest BCUT2D eigenvalue weighted by Gasteiger charge is -2.10. The van der Waals surface area contributed by atoms with Crippen molar-refractivity contribution in [2.45, 2.75) is 20.3 Å². The number of aromatic amines is 1. The smallest absolute Gasteiger partial charge is 0.308 e. The van der Waals surface area contributed by atoms with Crippen LogP contribution in [-0.2, 0) is 6.42 Å². The summed E-state index contributed by atoms with van der Waals surface area (Å²) in [6, 6.07) is 16.0. The summed E-state index contributed by atoms with van der Waals surface area (Å²) in [5.74, 6) is 0.0849. The molecule has 2 heterocycles. The predicted molar refractivity (Wildman–Crippen MR) is 121 cm³/mol. The van der Waals surface area contributed by atoms with Crippen molar-refractivity contribution in [2.75, 3.05) is 10.6 Å². The van der Waals surface area contributed by atoms with Gasteiger partial charge in [-0.1, -0.05) is 37.3 Å². The molecule has 9 heteroatoms. The van der Waals surface area contributed by atoms with Gasteiger partial charge in [-0.25, -0.2) is 14.2 Å². The van der Waals surface area contributed by atoms with E-state index in [-0.39, 0.29) is 11.5 Å². The Morgan fingerprint density at radius 2 is 1.81 bits per heavy atom. The largest absolute Gasteiger partial charge is 0.324 e. The number of nitrogens with zero attached hydrogens (tertiary/aromatic N) is 3. The molecule has 0 unspecified atom stereocenters. The van der Waals surface area contributed by atoms with Crippen LogP contribution in [0.2, 0.25) is 0 Å². The maximum Gasteiger partial charge on any atom is 0.324 e. The average Bonchev–Trinajstić information content (AvgIpc) is 3.19. The van der Waals surface area contributed by atoms with Gasteiger partial charge < -0.3 is 5.32 Å². The topological polar surface area (TPSA) is 105 Å². The summed E-state index contributed by atoms with van der Waals surface area (Å²) in [7, 11) is 0. The molecular formula is C23H21FN6O2. The second-order valence-corrected chi connectivity index (χ2v) is 7.09. The number of benzene rings is 2. The molecule has 0 radical (unpaired) electrons. The van der Waals surface area contributed by atoms with Crippen LogP contribution in [0.4, 0.5) is 20.7 Å². The fraction of sp³-hybridized carbons (Fsp3) is 0.130. The first-order valence-electron chi connectivity index (χ1n) is 10.0. The number of nitrogens with one attached hydrogen (secondary N) is 3. The van der Waals surface area contributed by atoms with Crippen molar-refractivity contribution in [3.63, 3.8) is 0 Å². The molecule has 32 heavy (non-hydrogen) atoms. The molecule has 2 amide bonds. The number of urea groups is 1. The number of halogens is 1. The van der Waals surface area contributed by atoms with Crippen molar-refractivity contribution in [2.24, 2.45) is 0 Å². The Morgan fingerprint density at radius 3 is 2.47 bits per heavy atom. The molecule has 0 aliphatic rings. The van der Waals surface area contributed by atoms with Crippen LogP contribution in [-0.4, -0.2) is 25.8 Å². The zero-order valence-electron chi connectivity index (χ0n) is 17.5. The number of amides is 2. The zero-order chi connectivity index (χ0) is 22.7. The molecule has 3 N–H and O–H groups in total. The van der Waals surface area contributed by atoms with Crippen molar-refractivity contribution in [3.05, 3.63) is 88.1 Å². The molecule has 0 saturated carbocycles. The van der Waals surface area contributed by atoms with Gasteiger partial charge in [-0.15, -0.1) is 0 Å². The summed E-state index contributed by atoms with van der Waals surface area (Å²) < 4.78 is 14.5. The van der Waals surface area contributed by atoms with Gasteiger partial charge in [-0.05, 0) is 37.6 Å². The molecule has 4 rings (SSSR count). The molecule has 2 aromatic carbocycles. The van der Waals surface area contributed by atoms with E-state index in [2.05, 4.69) is 25.7 Å². The number of rotatable bonds is 5. The summed E-state index contributed by atoms with van der Waals surface area (Å²) in [6.45, 7) is 3.64. The first kappa shape index (κ1) is 21.0. The van der Waals surface area contributed by atoms with Crippen LogP contribution < -0.4 is 16.2 Å². The van der Waals surface area contributed by atoms with Crippen molar-refractivity contribution in [1.82, 2.24) is 19.7 Å². The Balaban J connectivity index is 1.72. The minimum atomic E-state index is -0.554. The molecule has 0 bridgehead atoms. The summed E-state index contributed by atoms with van der Waals surface area (Å²) in [4.78, 5) is 32.3. The maximum atomic E-state index is 13.1. The Labute approximate surface area is 183 Å². The molecule has 0 atom stereocenters. The lowest BCUT2D eigenvalue weighted by Crippen LogP contribution is -2.24. The van der Waals surface area contributed by atoms with E-state index < -0.39 is 11.8 Å². The second kappa shape index (κ2) is 8.84. The van der Waals surface area contributed by atoms with Gasteiger partial charge in [0, 0.05) is 28.6 Å². The van der Waals surface area contributed by atoms with E-state index in [1.165, 1.54) is 28.9 Å². The summed E-state index contributed by atoms with van der Waals surface area (Å²) in [5, 5.41) is 9.91. The molecule has 0 fully saturated rings. The Bertz CT molecular complexity index is 1310. The standard InChI is InChI=1S/C23H21FN6O2/c1-3-18-14(2)25-22(28-21(18)31)30-20(13-19(29-30)15-7-5-4-6-8-15)27-23(32)26-17-11-9-16(24)10-12-17/h4-13H,3H2,1-2H3,(H,25,28,31)(H2,26,27,32). The number of anilines is 2. The van der Waals surface area contributed by atoms with Gasteiger partial charge in [-0.3, -0.25) is 15.1 Å². The van der Waals surface area contributed by atoms with E-state index in [0.717, 1.165) is 5.56 Å². The Hall–Kier alpha value is -4.27. The monoisotopic (exact) mass is 432 g/mol. The van der Waals surface area contributed by atoms with Crippen molar-refractivity contribution >= 4 is 17.5 Å². The second-order valence-electron chi connectivity index (χ2n) is 7.09. The third-order valence-corrected chi connectivity index (χ3v) is 4.89. The van der Waals surface area contributed by atoms with Crippen LogP contribution in [0, 0.1) is 12.7 Å². The molecule has 0 spiro atoms. The highest BCUT2D eigenvalue weighted by atomic mass is 19.1. The van der Waals surface area contributed by atoms with Gasteiger partial charge in [-0.2, -0.15) is 9.78 Å². The van der Waals surface area contributed by atoms with Crippen LogP contribution in [0.3, 0.4) is 0 Å². The summed E-state index contributed by atoms with van der Waals surface area (Å²) in [5.41, 5.74) is 2.76. The molecule has 0 aliphatic carbocycles. The van der Waals surface area contributed by atoms with E-state index in [1.807, 2.05) is 37.3 Å². The SMILES string of the molecule is CCc1c(C)nc(-n2nc(-c3ccccc3)cc2NC(=O)Nc2ccc(F)cc2)[nH]c1=O. The van der Waals surface area contributed by atoms with E-state index in [4.69, 9.17) is 0 Å². The normalized spacial score (nSPS) is 10.7. The molecule has 4 aromatic rings. The summed E-state index contributed by atoms with van der Waals surface area (Å²) >= 11 is 0. The first-order valence-corrected chi connectivity index (χ1v) is 10.0. The third kappa shape index (κ3) is 4.41. The lowest BCUT2D eigenvalue weighted by molar-refractivity contribution is 0.262. The third-order valence-electron chi connectivity index (χ3n) is 4.89. The van der Waals surface area contributed by atoms with Crippen LogP contribution in [0.25, 0.3) is 17.2 Å².